The van der Waals surface area contributed by atoms with Gasteiger partial charge in [0.1, 0.15) is 13.2 Å². The summed E-state index contributed by atoms with van der Waals surface area (Å²) in [4.78, 5) is 37.7. The fourth-order valence-corrected chi connectivity index (χ4v) is 5.62. The highest BCUT2D eigenvalue weighted by Gasteiger charge is 2.19. The maximum Gasteiger partial charge on any atom is 0.306 e. The molecule has 0 heterocycles. The molecule has 0 aromatic carbocycles. The summed E-state index contributed by atoms with van der Waals surface area (Å²) in [6, 6.07) is 0. The Hall–Kier alpha value is -4.19. The van der Waals surface area contributed by atoms with Gasteiger partial charge in [0.05, 0.1) is 0 Å². The summed E-state index contributed by atoms with van der Waals surface area (Å²) in [6.45, 7) is 6.19. The van der Waals surface area contributed by atoms with Crippen LogP contribution in [0.3, 0.4) is 0 Å². The van der Waals surface area contributed by atoms with Crippen molar-refractivity contribution < 1.29 is 28.6 Å². The molecule has 1 atom stereocenters. The van der Waals surface area contributed by atoms with Crippen LogP contribution >= 0.6 is 0 Å². The third-order valence-corrected chi connectivity index (χ3v) is 8.97. The molecule has 324 valence electrons. The normalized spacial score (nSPS) is 13.2. The molecule has 0 saturated carbocycles. The minimum atomic E-state index is -0.843. The molecule has 58 heavy (non-hydrogen) atoms. The van der Waals surface area contributed by atoms with Crippen LogP contribution in [0.2, 0.25) is 0 Å². The molecule has 0 aliphatic rings. The molecule has 0 aromatic rings. The summed E-state index contributed by atoms with van der Waals surface area (Å²) in [5.41, 5.74) is 0. The number of esters is 3. The molecule has 6 nitrogen and oxygen atoms in total. The summed E-state index contributed by atoms with van der Waals surface area (Å²) in [7, 11) is 0. The zero-order valence-electron chi connectivity index (χ0n) is 36.8. The number of allylic oxidation sites excluding steroid dienone is 20. The zero-order valence-corrected chi connectivity index (χ0v) is 36.8. The lowest BCUT2D eigenvalue weighted by Crippen LogP contribution is -2.30. The van der Waals surface area contributed by atoms with Gasteiger partial charge >= 0.3 is 17.9 Å². The number of hydrogen-bond donors (Lipinski definition) is 0. The molecule has 0 amide bonds. The second kappa shape index (κ2) is 45.5. The molecule has 6 heteroatoms. The molecule has 0 spiro atoms. The van der Waals surface area contributed by atoms with Crippen molar-refractivity contribution in [3.05, 3.63) is 122 Å². The molecule has 1 unspecified atom stereocenters. The predicted octanol–water partition coefficient (Wildman–Crippen LogP) is 14.6. The Kier molecular flexibility index (Phi) is 42.2. The smallest absolute Gasteiger partial charge is 0.306 e. The number of rotatable bonds is 38. The first-order valence-corrected chi connectivity index (χ1v) is 22.7. The topological polar surface area (TPSA) is 78.9 Å². The Bertz CT molecular complexity index is 1290. The van der Waals surface area contributed by atoms with E-state index in [4.69, 9.17) is 14.2 Å². The quantitative estimate of drug-likeness (QED) is 0.0268. The lowest BCUT2D eigenvalue weighted by molar-refractivity contribution is -0.167. The Morgan fingerprint density at radius 3 is 1.05 bits per heavy atom. The van der Waals surface area contributed by atoms with E-state index >= 15 is 0 Å². The van der Waals surface area contributed by atoms with E-state index in [1.54, 1.807) is 0 Å². The van der Waals surface area contributed by atoms with E-state index in [0.29, 0.717) is 25.7 Å². The average molecular weight is 801 g/mol. The van der Waals surface area contributed by atoms with Crippen LogP contribution < -0.4 is 0 Å². The van der Waals surface area contributed by atoms with Crippen LogP contribution in [0, 0.1) is 0 Å². The first-order valence-electron chi connectivity index (χ1n) is 22.7. The van der Waals surface area contributed by atoms with Crippen molar-refractivity contribution in [1.82, 2.24) is 0 Å². The summed E-state index contributed by atoms with van der Waals surface area (Å²) in [5, 5.41) is 0. The van der Waals surface area contributed by atoms with Gasteiger partial charge in [-0.25, -0.2) is 0 Å². The summed E-state index contributed by atoms with van der Waals surface area (Å²) < 4.78 is 16.6. The minimum absolute atomic E-state index is 0.131. The number of unbranched alkanes of at least 4 members (excludes halogenated alkanes) is 15. The van der Waals surface area contributed by atoms with E-state index < -0.39 is 12.1 Å². The minimum Gasteiger partial charge on any atom is -0.462 e. The van der Waals surface area contributed by atoms with Crippen LogP contribution in [0.5, 0.6) is 0 Å². The van der Waals surface area contributed by atoms with Crippen molar-refractivity contribution in [3.8, 4) is 0 Å². The van der Waals surface area contributed by atoms with Crippen LogP contribution in [0.15, 0.2) is 122 Å². The van der Waals surface area contributed by atoms with Crippen molar-refractivity contribution in [2.75, 3.05) is 13.2 Å². The number of hydrogen-bond acceptors (Lipinski definition) is 6. The highest BCUT2D eigenvalue weighted by Crippen LogP contribution is 2.14. The Morgan fingerprint density at radius 1 is 0.362 bits per heavy atom. The highest BCUT2D eigenvalue weighted by atomic mass is 16.6. The van der Waals surface area contributed by atoms with Crippen LogP contribution in [-0.2, 0) is 28.6 Å². The van der Waals surface area contributed by atoms with E-state index in [1.807, 2.05) is 109 Å². The lowest BCUT2D eigenvalue weighted by Gasteiger charge is -2.18. The van der Waals surface area contributed by atoms with E-state index in [0.717, 1.165) is 38.5 Å². The second-order valence-corrected chi connectivity index (χ2v) is 14.4. The van der Waals surface area contributed by atoms with Gasteiger partial charge in [0, 0.05) is 19.3 Å². The third kappa shape index (κ3) is 42.9. The van der Waals surface area contributed by atoms with E-state index in [1.165, 1.54) is 70.6 Å². The molecule has 0 aliphatic carbocycles. The number of carbonyl (C=O) groups excluding carboxylic acids is 3. The SMILES string of the molecule is CC/C=C/C=C/C=C/C=C/C=C/CCCC(=O)OCC(COC(=O)CCCCCCCCCCCCCCCC)OC(=O)CCC/C=C/C=C/C=C/C=C/C=C/CC. The van der Waals surface area contributed by atoms with E-state index in [-0.39, 0.29) is 38.0 Å². The first kappa shape index (κ1) is 53.8. The molecule has 0 aromatic heterocycles. The molecule has 0 radical (unpaired) electrons. The van der Waals surface area contributed by atoms with Gasteiger partial charge in [-0.05, 0) is 44.9 Å². The molecule has 0 bridgehead atoms. The van der Waals surface area contributed by atoms with Gasteiger partial charge in [-0.2, -0.15) is 0 Å². The summed E-state index contributed by atoms with van der Waals surface area (Å²) in [5.74, 6) is -1.10. The van der Waals surface area contributed by atoms with Crippen molar-refractivity contribution in [2.45, 2.75) is 175 Å². The Labute approximate surface area is 354 Å². The molecule has 0 N–H and O–H groups in total. The second-order valence-electron chi connectivity index (χ2n) is 14.4. The standard InChI is InChI=1S/C52H80O6/c1-4-7-10-13-16-19-22-25-28-30-33-36-39-42-45-51(54)57-48-49(58-52(55)46-43-40-37-34-31-27-24-21-18-15-12-9-6-3)47-56-50(53)44-41-38-35-32-29-26-23-20-17-14-11-8-5-2/h8-9,11-12,14-15,17-18,20-21,23-24,26-27,29,31-32,34-35,37,49H,4-7,10,13,16,19,22,25,28,30,33,36,38-48H2,1-3H3/b11-8+,12-9+,17-14+,18-15+,23-20+,24-21+,29-26+,31-27+,35-32+,37-34+. The van der Waals surface area contributed by atoms with Crippen molar-refractivity contribution >= 4 is 17.9 Å². The maximum absolute atomic E-state index is 12.7. The van der Waals surface area contributed by atoms with Gasteiger partial charge in [-0.1, -0.05) is 226 Å². The van der Waals surface area contributed by atoms with Gasteiger partial charge in [-0.3, -0.25) is 14.4 Å². The van der Waals surface area contributed by atoms with Gasteiger partial charge < -0.3 is 14.2 Å². The van der Waals surface area contributed by atoms with Crippen molar-refractivity contribution in [1.29, 1.82) is 0 Å². The van der Waals surface area contributed by atoms with Crippen LogP contribution in [0.1, 0.15) is 168 Å². The first-order chi connectivity index (χ1) is 28.5. The fourth-order valence-electron chi connectivity index (χ4n) is 5.62. The largest absolute Gasteiger partial charge is 0.462 e. The monoisotopic (exact) mass is 801 g/mol. The fraction of sp³-hybridized carbons (Fsp3) is 0.558. The molecule has 0 fully saturated rings. The zero-order chi connectivity index (χ0) is 42.3. The lowest BCUT2D eigenvalue weighted by atomic mass is 10.0. The average Bonchev–Trinajstić information content (AvgIpc) is 3.22. The molecule has 0 saturated heterocycles. The van der Waals surface area contributed by atoms with E-state index in [2.05, 4.69) is 32.9 Å². The maximum atomic E-state index is 12.7. The number of ether oxygens (including phenoxy) is 3. The predicted molar refractivity (Wildman–Crippen MR) is 246 cm³/mol. The van der Waals surface area contributed by atoms with Gasteiger partial charge in [0.2, 0.25) is 0 Å². The van der Waals surface area contributed by atoms with Crippen molar-refractivity contribution in [2.24, 2.45) is 0 Å². The Balaban J connectivity index is 4.62. The van der Waals surface area contributed by atoms with Crippen LogP contribution in [0.25, 0.3) is 0 Å². The van der Waals surface area contributed by atoms with Gasteiger partial charge in [-0.15, -0.1) is 0 Å². The third-order valence-electron chi connectivity index (χ3n) is 8.97. The van der Waals surface area contributed by atoms with E-state index in [9.17, 15) is 14.4 Å². The van der Waals surface area contributed by atoms with Crippen molar-refractivity contribution in [3.63, 3.8) is 0 Å². The molecular formula is C52H80O6. The summed E-state index contributed by atoms with van der Waals surface area (Å²) >= 11 is 0. The molecule has 0 rings (SSSR count). The van der Waals surface area contributed by atoms with Crippen LogP contribution in [-0.4, -0.2) is 37.2 Å². The molecular weight excluding hydrogens is 721 g/mol. The Morgan fingerprint density at radius 2 is 0.672 bits per heavy atom. The van der Waals surface area contributed by atoms with Gasteiger partial charge in [0.15, 0.2) is 6.10 Å². The highest BCUT2D eigenvalue weighted by molar-refractivity contribution is 5.71. The van der Waals surface area contributed by atoms with Gasteiger partial charge in [0.25, 0.3) is 0 Å². The molecule has 0 aliphatic heterocycles. The summed E-state index contributed by atoms with van der Waals surface area (Å²) in [6.07, 6.45) is 62.0. The number of carbonyl (C=O) groups is 3. The van der Waals surface area contributed by atoms with Crippen LogP contribution in [0.4, 0.5) is 0 Å².